The average molecular weight is 238 g/mol. The molecule has 5 atom stereocenters. The van der Waals surface area contributed by atoms with Gasteiger partial charge in [-0.15, -0.1) is 0 Å². The van der Waals surface area contributed by atoms with E-state index in [1.165, 1.54) is 0 Å². The first-order valence-electron chi connectivity index (χ1n) is 7.03. The van der Waals surface area contributed by atoms with Crippen LogP contribution in [0.5, 0.6) is 0 Å². The lowest BCUT2D eigenvalue weighted by Gasteiger charge is -2.34. The summed E-state index contributed by atoms with van der Waals surface area (Å²) < 4.78 is 0. The third-order valence-corrected chi connectivity index (χ3v) is 4.85. The second-order valence-electron chi connectivity index (χ2n) is 6.35. The van der Waals surface area contributed by atoms with E-state index in [-0.39, 0.29) is 12.0 Å². The third-order valence-electron chi connectivity index (χ3n) is 4.85. The molecule has 2 rings (SSSR count). The Hall–Kier alpha value is -0.570. The highest BCUT2D eigenvalue weighted by Crippen LogP contribution is 2.33. The predicted octanol–water partition coefficient (Wildman–Crippen LogP) is 1.86. The molecule has 98 valence electrons. The maximum Gasteiger partial charge on any atom is 0.226 e. The Labute approximate surface area is 105 Å². The molecule has 0 aromatic rings. The molecular weight excluding hydrogens is 212 g/mol. The molecule has 0 radical (unpaired) electrons. The lowest BCUT2D eigenvalue weighted by molar-refractivity contribution is -0.137. The molecule has 0 spiro atoms. The van der Waals surface area contributed by atoms with E-state index >= 15 is 0 Å². The zero-order valence-corrected chi connectivity index (χ0v) is 11.4. The number of hydrogen-bond donors (Lipinski definition) is 1. The van der Waals surface area contributed by atoms with Crippen LogP contribution in [0.25, 0.3) is 0 Å². The number of likely N-dealkylation sites (tertiary alicyclic amines) is 1. The molecule has 1 aliphatic carbocycles. The third kappa shape index (κ3) is 2.65. The molecule has 2 N–H and O–H groups in total. The number of amides is 1. The molecule has 1 heterocycles. The van der Waals surface area contributed by atoms with E-state index in [0.29, 0.717) is 23.7 Å². The van der Waals surface area contributed by atoms with Crippen molar-refractivity contribution in [3.05, 3.63) is 0 Å². The number of carbonyl (C=O) groups excluding carboxylic acids is 1. The van der Waals surface area contributed by atoms with Crippen LogP contribution in [0.15, 0.2) is 0 Å². The van der Waals surface area contributed by atoms with Crippen LogP contribution >= 0.6 is 0 Å². The zero-order chi connectivity index (χ0) is 12.6. The summed E-state index contributed by atoms with van der Waals surface area (Å²) in [6.07, 6.45) is 3.08. The molecule has 3 nitrogen and oxygen atoms in total. The highest BCUT2D eigenvalue weighted by atomic mass is 16.2. The first-order valence-corrected chi connectivity index (χ1v) is 7.03. The smallest absolute Gasteiger partial charge is 0.226 e. The summed E-state index contributed by atoms with van der Waals surface area (Å²) in [7, 11) is 0. The molecule has 2 aliphatic rings. The molecule has 3 heteroatoms. The Kier molecular flexibility index (Phi) is 3.76. The van der Waals surface area contributed by atoms with Crippen molar-refractivity contribution in [3.8, 4) is 0 Å². The standard InChI is InChI=1S/C14H26N2O/c1-9-4-5-12(15)6-13(9)14(17)16-7-10(2)11(3)8-16/h9-13H,4-8,15H2,1-3H3. The zero-order valence-electron chi connectivity index (χ0n) is 11.4. The monoisotopic (exact) mass is 238 g/mol. The first-order chi connectivity index (χ1) is 7.99. The van der Waals surface area contributed by atoms with Crippen LogP contribution < -0.4 is 5.73 Å². The molecule has 0 aromatic heterocycles. The van der Waals surface area contributed by atoms with Crippen molar-refractivity contribution in [3.63, 3.8) is 0 Å². The fourth-order valence-electron chi connectivity index (χ4n) is 3.24. The van der Waals surface area contributed by atoms with Crippen LogP contribution in [0, 0.1) is 23.7 Å². The number of rotatable bonds is 1. The van der Waals surface area contributed by atoms with Crippen LogP contribution in [0.3, 0.4) is 0 Å². The molecule has 5 unspecified atom stereocenters. The largest absolute Gasteiger partial charge is 0.342 e. The normalized spacial score (nSPS) is 42.8. The maximum atomic E-state index is 12.5. The van der Waals surface area contributed by atoms with Crippen molar-refractivity contribution in [2.45, 2.75) is 46.1 Å². The summed E-state index contributed by atoms with van der Waals surface area (Å²) in [4.78, 5) is 14.6. The van der Waals surface area contributed by atoms with E-state index in [2.05, 4.69) is 25.7 Å². The summed E-state index contributed by atoms with van der Waals surface area (Å²) in [6, 6.07) is 0.234. The van der Waals surface area contributed by atoms with E-state index in [9.17, 15) is 4.79 Å². The second kappa shape index (κ2) is 4.97. The molecule has 1 saturated heterocycles. The molecule has 1 aliphatic heterocycles. The van der Waals surface area contributed by atoms with Crippen molar-refractivity contribution in [1.82, 2.24) is 4.90 Å². The fraction of sp³-hybridized carbons (Fsp3) is 0.929. The van der Waals surface area contributed by atoms with Crippen LogP contribution in [0.1, 0.15) is 40.0 Å². The summed E-state index contributed by atoms with van der Waals surface area (Å²) in [5, 5.41) is 0. The quantitative estimate of drug-likeness (QED) is 0.758. The van der Waals surface area contributed by atoms with Gasteiger partial charge >= 0.3 is 0 Å². The Morgan fingerprint density at radius 2 is 1.65 bits per heavy atom. The highest BCUT2D eigenvalue weighted by Gasteiger charge is 2.37. The molecule has 17 heavy (non-hydrogen) atoms. The van der Waals surface area contributed by atoms with Gasteiger partial charge in [-0.3, -0.25) is 4.79 Å². The molecule has 1 amide bonds. The maximum absolute atomic E-state index is 12.5. The van der Waals surface area contributed by atoms with Gasteiger partial charge in [-0.25, -0.2) is 0 Å². The molecule has 1 saturated carbocycles. The van der Waals surface area contributed by atoms with Gasteiger partial charge in [-0.2, -0.15) is 0 Å². The van der Waals surface area contributed by atoms with E-state index in [1.54, 1.807) is 0 Å². The Bertz CT molecular complexity index is 282. The van der Waals surface area contributed by atoms with Gasteiger partial charge in [0.2, 0.25) is 5.91 Å². The minimum atomic E-state index is 0.177. The highest BCUT2D eigenvalue weighted by molar-refractivity contribution is 5.79. The Balaban J connectivity index is 1.99. The van der Waals surface area contributed by atoms with E-state index in [0.717, 1.165) is 32.4 Å². The van der Waals surface area contributed by atoms with E-state index < -0.39 is 0 Å². The predicted molar refractivity (Wildman–Crippen MR) is 69.4 cm³/mol. The number of nitrogens with zero attached hydrogens (tertiary/aromatic N) is 1. The lowest BCUT2D eigenvalue weighted by Crippen LogP contribution is -2.43. The summed E-state index contributed by atoms with van der Waals surface area (Å²) >= 11 is 0. The molecular formula is C14H26N2O. The fourth-order valence-corrected chi connectivity index (χ4v) is 3.24. The number of carbonyl (C=O) groups is 1. The van der Waals surface area contributed by atoms with Gasteiger partial charge in [0.25, 0.3) is 0 Å². The van der Waals surface area contributed by atoms with Crippen LogP contribution in [0.4, 0.5) is 0 Å². The van der Waals surface area contributed by atoms with E-state index in [4.69, 9.17) is 5.73 Å². The molecule has 0 bridgehead atoms. The van der Waals surface area contributed by atoms with Gasteiger partial charge in [0, 0.05) is 25.0 Å². The van der Waals surface area contributed by atoms with Crippen LogP contribution in [-0.4, -0.2) is 29.9 Å². The minimum absolute atomic E-state index is 0.177. The summed E-state index contributed by atoms with van der Waals surface area (Å²) in [5.74, 6) is 2.34. The Morgan fingerprint density at radius 1 is 1.06 bits per heavy atom. The van der Waals surface area contributed by atoms with Crippen molar-refractivity contribution < 1.29 is 4.79 Å². The Morgan fingerprint density at radius 3 is 2.24 bits per heavy atom. The minimum Gasteiger partial charge on any atom is -0.342 e. The van der Waals surface area contributed by atoms with Gasteiger partial charge in [-0.1, -0.05) is 20.8 Å². The van der Waals surface area contributed by atoms with Crippen molar-refractivity contribution in [2.24, 2.45) is 29.4 Å². The van der Waals surface area contributed by atoms with Crippen molar-refractivity contribution in [2.75, 3.05) is 13.1 Å². The van der Waals surface area contributed by atoms with Gasteiger partial charge < -0.3 is 10.6 Å². The average Bonchev–Trinajstić information content (AvgIpc) is 2.62. The molecule has 2 fully saturated rings. The first kappa shape index (κ1) is 12.9. The number of hydrogen-bond acceptors (Lipinski definition) is 2. The van der Waals surface area contributed by atoms with Gasteiger partial charge in [0.05, 0.1) is 0 Å². The number of nitrogens with two attached hydrogens (primary N) is 1. The van der Waals surface area contributed by atoms with Gasteiger partial charge in [0.1, 0.15) is 0 Å². The van der Waals surface area contributed by atoms with Crippen molar-refractivity contribution in [1.29, 1.82) is 0 Å². The SMILES string of the molecule is CC1CN(C(=O)C2CC(N)CCC2C)CC1C. The van der Waals surface area contributed by atoms with Crippen LogP contribution in [-0.2, 0) is 4.79 Å². The van der Waals surface area contributed by atoms with Crippen LogP contribution in [0.2, 0.25) is 0 Å². The van der Waals surface area contributed by atoms with Crippen molar-refractivity contribution >= 4 is 5.91 Å². The summed E-state index contributed by atoms with van der Waals surface area (Å²) in [6.45, 7) is 8.58. The second-order valence-corrected chi connectivity index (χ2v) is 6.35. The topological polar surface area (TPSA) is 46.3 Å². The lowest BCUT2D eigenvalue weighted by atomic mass is 9.77. The summed E-state index contributed by atoms with van der Waals surface area (Å²) in [5.41, 5.74) is 6.01. The van der Waals surface area contributed by atoms with Gasteiger partial charge in [0.15, 0.2) is 0 Å². The molecule has 0 aromatic carbocycles. The van der Waals surface area contributed by atoms with E-state index in [1.807, 2.05) is 0 Å². The van der Waals surface area contributed by atoms with Gasteiger partial charge in [-0.05, 0) is 37.0 Å².